The Hall–Kier alpha value is -1.64. The largest absolute Gasteiger partial charge is 0.320 e. The van der Waals surface area contributed by atoms with Gasteiger partial charge >= 0.3 is 0 Å². The van der Waals surface area contributed by atoms with Gasteiger partial charge in [0.1, 0.15) is 5.69 Å². The molecule has 12 heavy (non-hydrogen) atoms. The van der Waals surface area contributed by atoms with Crippen LogP contribution in [0.15, 0.2) is 42.9 Å². The number of nitrogens with zero attached hydrogens (tertiary/aromatic N) is 2. The third-order valence-corrected chi connectivity index (χ3v) is 1.62. The molecule has 0 saturated heterocycles. The summed E-state index contributed by atoms with van der Waals surface area (Å²) in [5, 5.41) is 0. The van der Waals surface area contributed by atoms with Gasteiger partial charge in [-0.2, -0.15) is 4.39 Å². The van der Waals surface area contributed by atoms with Gasteiger partial charge in [0.05, 0.1) is 0 Å². The highest BCUT2D eigenvalue weighted by Gasteiger charge is 2.01. The van der Waals surface area contributed by atoms with E-state index in [4.69, 9.17) is 0 Å². The lowest BCUT2D eigenvalue weighted by Gasteiger charge is -2.01. The van der Waals surface area contributed by atoms with E-state index >= 15 is 0 Å². The molecule has 2 aromatic heterocycles. The van der Waals surface area contributed by atoms with Crippen molar-refractivity contribution in [3.8, 4) is 5.69 Å². The van der Waals surface area contributed by atoms with Crippen LogP contribution in [0.4, 0.5) is 4.39 Å². The molecule has 0 atom stereocenters. The van der Waals surface area contributed by atoms with Gasteiger partial charge in [-0.15, -0.1) is 0 Å². The first kappa shape index (κ1) is 7.03. The van der Waals surface area contributed by atoms with Crippen LogP contribution >= 0.6 is 0 Å². The Balaban J connectivity index is 2.55. The lowest BCUT2D eigenvalue weighted by Crippen LogP contribution is -1.95. The molecule has 2 rings (SSSR count). The molecule has 0 radical (unpaired) electrons. The summed E-state index contributed by atoms with van der Waals surface area (Å²) < 4.78 is 14.7. The van der Waals surface area contributed by atoms with E-state index in [-0.39, 0.29) is 0 Å². The number of hydrogen-bond acceptors (Lipinski definition) is 1. The fourth-order valence-electron chi connectivity index (χ4n) is 1.07. The molecule has 0 aliphatic carbocycles. The van der Waals surface area contributed by atoms with Gasteiger partial charge in [-0.05, 0) is 24.3 Å². The zero-order valence-corrected chi connectivity index (χ0v) is 6.31. The van der Waals surface area contributed by atoms with Crippen molar-refractivity contribution in [1.82, 2.24) is 9.55 Å². The van der Waals surface area contributed by atoms with E-state index in [2.05, 4.69) is 4.98 Å². The van der Waals surface area contributed by atoms with Crippen LogP contribution in [0, 0.1) is 5.95 Å². The average molecular weight is 162 g/mol. The summed E-state index contributed by atoms with van der Waals surface area (Å²) in [5.74, 6) is -0.450. The van der Waals surface area contributed by atoms with Gasteiger partial charge in [-0.3, -0.25) is 0 Å². The van der Waals surface area contributed by atoms with E-state index in [0.29, 0.717) is 5.69 Å². The second-order valence-corrected chi connectivity index (χ2v) is 2.40. The van der Waals surface area contributed by atoms with Crippen molar-refractivity contribution in [2.24, 2.45) is 0 Å². The lowest BCUT2D eigenvalue weighted by atomic mass is 10.4. The quantitative estimate of drug-likeness (QED) is 0.586. The van der Waals surface area contributed by atoms with E-state index in [1.165, 1.54) is 6.20 Å². The Morgan fingerprint density at radius 2 is 1.92 bits per heavy atom. The third-order valence-electron chi connectivity index (χ3n) is 1.62. The first-order chi connectivity index (χ1) is 5.88. The van der Waals surface area contributed by atoms with Crippen molar-refractivity contribution in [1.29, 1.82) is 0 Å². The fourth-order valence-corrected chi connectivity index (χ4v) is 1.07. The zero-order chi connectivity index (χ0) is 8.39. The molecular weight excluding hydrogens is 155 g/mol. The lowest BCUT2D eigenvalue weighted by molar-refractivity contribution is 0.575. The number of halogens is 1. The first-order valence-corrected chi connectivity index (χ1v) is 3.62. The third kappa shape index (κ3) is 1.09. The molecule has 0 N–H and O–H groups in total. The maximum Gasteiger partial charge on any atom is 0.237 e. The van der Waals surface area contributed by atoms with Gasteiger partial charge in [-0.1, -0.05) is 0 Å². The van der Waals surface area contributed by atoms with Crippen LogP contribution in [0.25, 0.3) is 5.69 Å². The molecule has 2 aromatic rings. The monoisotopic (exact) mass is 162 g/mol. The summed E-state index contributed by atoms with van der Waals surface area (Å²) in [5.41, 5.74) is 0.475. The molecule has 0 unspecified atom stereocenters. The maximum absolute atomic E-state index is 13.0. The van der Waals surface area contributed by atoms with Crippen molar-refractivity contribution in [3.05, 3.63) is 48.8 Å². The van der Waals surface area contributed by atoms with Gasteiger partial charge < -0.3 is 4.57 Å². The molecule has 0 aromatic carbocycles. The topological polar surface area (TPSA) is 17.8 Å². The SMILES string of the molecule is Fc1ncccc1-n1cccc1. The van der Waals surface area contributed by atoms with Crippen molar-refractivity contribution in [2.45, 2.75) is 0 Å². The predicted octanol–water partition coefficient (Wildman–Crippen LogP) is 2.01. The Kier molecular flexibility index (Phi) is 1.63. The molecule has 0 spiro atoms. The Morgan fingerprint density at radius 1 is 1.17 bits per heavy atom. The predicted molar refractivity (Wildman–Crippen MR) is 43.5 cm³/mol. The first-order valence-electron chi connectivity index (χ1n) is 3.62. The summed E-state index contributed by atoms with van der Waals surface area (Å²) in [6, 6.07) is 7.07. The van der Waals surface area contributed by atoms with Crippen LogP contribution in [-0.2, 0) is 0 Å². The molecule has 0 amide bonds. The van der Waals surface area contributed by atoms with Gasteiger partial charge in [-0.25, -0.2) is 4.98 Å². The van der Waals surface area contributed by atoms with Crippen LogP contribution in [0.1, 0.15) is 0 Å². The molecule has 2 nitrogen and oxygen atoms in total. The fraction of sp³-hybridized carbons (Fsp3) is 0. The van der Waals surface area contributed by atoms with E-state index in [0.717, 1.165) is 0 Å². The minimum absolute atomic E-state index is 0.450. The molecule has 0 aliphatic heterocycles. The highest BCUT2D eigenvalue weighted by atomic mass is 19.1. The summed E-state index contributed by atoms with van der Waals surface area (Å²) >= 11 is 0. The number of rotatable bonds is 1. The van der Waals surface area contributed by atoms with Crippen molar-refractivity contribution < 1.29 is 4.39 Å². The Bertz CT molecular complexity index is 368. The van der Waals surface area contributed by atoms with E-state index in [1.807, 2.05) is 12.1 Å². The smallest absolute Gasteiger partial charge is 0.237 e. The minimum Gasteiger partial charge on any atom is -0.320 e. The highest BCUT2D eigenvalue weighted by Crippen LogP contribution is 2.09. The van der Waals surface area contributed by atoms with Gasteiger partial charge in [0.15, 0.2) is 0 Å². The van der Waals surface area contributed by atoms with Gasteiger partial charge in [0, 0.05) is 18.6 Å². The molecule has 3 heteroatoms. The molecule has 0 bridgehead atoms. The summed E-state index contributed by atoms with van der Waals surface area (Å²) in [6.45, 7) is 0. The van der Waals surface area contributed by atoms with Crippen LogP contribution in [0.2, 0.25) is 0 Å². The average Bonchev–Trinajstić information content (AvgIpc) is 2.57. The van der Waals surface area contributed by atoms with Crippen molar-refractivity contribution in [3.63, 3.8) is 0 Å². The molecule has 60 valence electrons. The van der Waals surface area contributed by atoms with Crippen LogP contribution in [0.5, 0.6) is 0 Å². The molecule has 0 fully saturated rings. The van der Waals surface area contributed by atoms with Gasteiger partial charge in [0.2, 0.25) is 5.95 Å². The normalized spacial score (nSPS) is 10.1. The van der Waals surface area contributed by atoms with E-state index < -0.39 is 5.95 Å². The maximum atomic E-state index is 13.0. The second kappa shape index (κ2) is 2.77. The number of aromatic nitrogens is 2. The number of pyridine rings is 1. The van der Waals surface area contributed by atoms with Crippen LogP contribution in [0.3, 0.4) is 0 Å². The minimum atomic E-state index is -0.450. The summed E-state index contributed by atoms with van der Waals surface area (Å²) in [7, 11) is 0. The highest BCUT2D eigenvalue weighted by molar-refractivity contribution is 5.29. The standard InChI is InChI=1S/C9H7FN2/c10-9-8(4-3-5-11-9)12-6-1-2-7-12/h1-7H. The number of hydrogen-bond donors (Lipinski definition) is 0. The molecule has 2 heterocycles. The van der Waals surface area contributed by atoms with E-state index in [9.17, 15) is 4.39 Å². The zero-order valence-electron chi connectivity index (χ0n) is 6.31. The van der Waals surface area contributed by atoms with Crippen molar-refractivity contribution >= 4 is 0 Å². The van der Waals surface area contributed by atoms with Gasteiger partial charge in [0.25, 0.3) is 0 Å². The van der Waals surface area contributed by atoms with Crippen LogP contribution in [-0.4, -0.2) is 9.55 Å². The van der Waals surface area contributed by atoms with E-state index in [1.54, 1.807) is 29.1 Å². The molecule has 0 saturated carbocycles. The second-order valence-electron chi connectivity index (χ2n) is 2.40. The molecule has 0 aliphatic rings. The Labute approximate surface area is 69.3 Å². The van der Waals surface area contributed by atoms with Crippen molar-refractivity contribution in [2.75, 3.05) is 0 Å². The Morgan fingerprint density at radius 3 is 2.58 bits per heavy atom. The summed E-state index contributed by atoms with van der Waals surface area (Å²) in [4.78, 5) is 3.55. The summed E-state index contributed by atoms with van der Waals surface area (Å²) in [6.07, 6.45) is 4.99. The molecular formula is C9H7FN2. The van der Waals surface area contributed by atoms with Crippen LogP contribution < -0.4 is 0 Å².